The van der Waals surface area contributed by atoms with Crippen molar-refractivity contribution in [3.05, 3.63) is 107 Å². The minimum absolute atomic E-state index is 0.00929. The molecule has 0 aliphatic carbocycles. The van der Waals surface area contributed by atoms with Crippen molar-refractivity contribution in [3.8, 4) is 34.3 Å². The quantitative estimate of drug-likeness (QED) is 0.157. The fourth-order valence-corrected chi connectivity index (χ4v) is 4.07. The van der Waals surface area contributed by atoms with Crippen LogP contribution in [-0.4, -0.2) is 9.97 Å². The summed E-state index contributed by atoms with van der Waals surface area (Å²) in [6, 6.07) is 12.0. The van der Waals surface area contributed by atoms with Crippen molar-refractivity contribution in [1.29, 1.82) is 5.26 Å². The summed E-state index contributed by atoms with van der Waals surface area (Å²) in [6.45, 7) is 21.7. The first-order valence-electron chi connectivity index (χ1n) is 12.3. The van der Waals surface area contributed by atoms with Gasteiger partial charge in [-0.25, -0.2) is 8.78 Å². The maximum absolute atomic E-state index is 13.9. The van der Waals surface area contributed by atoms with Gasteiger partial charge in [0.2, 0.25) is 0 Å². The van der Waals surface area contributed by atoms with Crippen LogP contribution in [0.1, 0.15) is 50.7 Å². The van der Waals surface area contributed by atoms with E-state index in [1.54, 1.807) is 24.5 Å². The maximum atomic E-state index is 13.9. The average Bonchev–Trinajstić information content (AvgIpc) is 2.95. The smallest absolute Gasteiger partial charge is 0.292 e. The van der Waals surface area contributed by atoms with Crippen LogP contribution in [0.25, 0.3) is 31.9 Å². The zero-order valence-corrected chi connectivity index (χ0v) is 22.4. The van der Waals surface area contributed by atoms with E-state index in [1.807, 2.05) is 27.7 Å². The van der Waals surface area contributed by atoms with E-state index in [2.05, 4.69) is 19.7 Å². The van der Waals surface area contributed by atoms with Gasteiger partial charge in [-0.1, -0.05) is 40.8 Å². The van der Waals surface area contributed by atoms with Crippen molar-refractivity contribution in [3.63, 3.8) is 0 Å². The average molecular weight is 537 g/mol. The molecule has 0 aliphatic rings. The summed E-state index contributed by atoms with van der Waals surface area (Å²) < 4.78 is 32.6. The van der Waals surface area contributed by atoms with E-state index < -0.39 is 5.82 Å². The minimum atomic E-state index is -0.417. The van der Waals surface area contributed by atoms with Crippen molar-refractivity contribution in [2.45, 2.75) is 39.5 Å². The van der Waals surface area contributed by atoms with Gasteiger partial charge < -0.3 is 20.2 Å². The van der Waals surface area contributed by atoms with E-state index >= 15 is 0 Å². The summed E-state index contributed by atoms with van der Waals surface area (Å²) in [6.07, 6.45) is 4.64. The Hall–Kier alpha value is -5.33. The molecule has 2 aromatic carbocycles. The molecule has 40 heavy (non-hydrogen) atoms. The molecule has 0 aliphatic heterocycles. The number of aromatic nitrogens is 2. The number of rotatable bonds is 5. The molecular weight excluding hydrogens is 510 g/mol. The van der Waals surface area contributed by atoms with Crippen LogP contribution >= 0.6 is 0 Å². The van der Waals surface area contributed by atoms with Gasteiger partial charge in [-0.3, -0.25) is 0 Å². The lowest BCUT2D eigenvalue weighted by Gasteiger charge is -2.15. The van der Waals surface area contributed by atoms with Gasteiger partial charge in [0.15, 0.2) is 5.75 Å². The summed E-state index contributed by atoms with van der Waals surface area (Å²) in [5.41, 5.74) is 10.4. The topological polar surface area (TPSA) is 93.5 Å². The molecule has 2 aromatic heterocycles. The number of pyridine rings is 2. The lowest BCUT2D eigenvalue weighted by atomic mass is 9.94. The fraction of sp³-hybridized carbons (Fsp3) is 0.194. The summed E-state index contributed by atoms with van der Waals surface area (Å²) >= 11 is 0. The Bertz CT molecular complexity index is 1660. The summed E-state index contributed by atoms with van der Waals surface area (Å²) in [4.78, 5) is 14.3. The van der Waals surface area contributed by atoms with Gasteiger partial charge in [-0.15, -0.1) is 15.2 Å². The Morgan fingerprint density at radius 3 is 1.75 bits per heavy atom. The molecule has 0 radical (unpaired) electrons. The zero-order chi connectivity index (χ0) is 29.4. The second-order valence-electron chi connectivity index (χ2n) is 9.36. The van der Waals surface area contributed by atoms with Crippen LogP contribution in [0.3, 0.4) is 0 Å². The molecular formula is C31H26F2N6O. The van der Waals surface area contributed by atoms with Gasteiger partial charge in [0.05, 0.1) is 0 Å². The Kier molecular flexibility index (Phi) is 9.47. The van der Waals surface area contributed by atoms with E-state index in [0.29, 0.717) is 39.3 Å². The van der Waals surface area contributed by atoms with E-state index in [-0.39, 0.29) is 29.3 Å². The van der Waals surface area contributed by atoms with Crippen LogP contribution in [-0.2, 0) is 0 Å². The highest BCUT2D eigenvalue weighted by Gasteiger charge is 2.18. The predicted molar refractivity (Wildman–Crippen MR) is 151 cm³/mol. The molecule has 7 nitrogen and oxygen atoms in total. The van der Waals surface area contributed by atoms with Crippen LogP contribution in [0.15, 0.2) is 60.9 Å². The van der Waals surface area contributed by atoms with Crippen LogP contribution < -0.4 is 10.5 Å². The number of benzene rings is 2. The molecule has 4 rings (SSSR count). The Balaban J connectivity index is 0.000000222. The zero-order valence-electron chi connectivity index (χ0n) is 22.4. The second kappa shape index (κ2) is 13.0. The number of halogens is 2. The van der Waals surface area contributed by atoms with Gasteiger partial charge in [-0.05, 0) is 77.1 Å². The van der Waals surface area contributed by atoms with Crippen molar-refractivity contribution >= 4 is 17.3 Å². The van der Waals surface area contributed by atoms with Crippen molar-refractivity contribution in [1.82, 2.24) is 9.97 Å². The molecule has 0 saturated heterocycles. The molecule has 0 unspecified atom stereocenters. The first-order chi connectivity index (χ1) is 19.1. The van der Waals surface area contributed by atoms with Crippen molar-refractivity contribution in [2.75, 3.05) is 5.73 Å². The summed E-state index contributed by atoms with van der Waals surface area (Å²) in [5, 5.41) is 8.84. The van der Waals surface area contributed by atoms with Gasteiger partial charge in [-0.2, -0.15) is 0 Å². The lowest BCUT2D eigenvalue weighted by molar-refractivity contribution is 0.495. The van der Waals surface area contributed by atoms with Crippen molar-refractivity contribution in [2.24, 2.45) is 0 Å². The number of anilines is 1. The molecule has 0 atom stereocenters. The Morgan fingerprint density at radius 2 is 1.27 bits per heavy atom. The lowest BCUT2D eigenvalue weighted by Crippen LogP contribution is -2.00. The van der Waals surface area contributed by atoms with Gasteiger partial charge in [0, 0.05) is 22.4 Å². The third-order valence-electron chi connectivity index (χ3n) is 5.99. The van der Waals surface area contributed by atoms with E-state index in [9.17, 15) is 8.78 Å². The molecule has 0 amide bonds. The van der Waals surface area contributed by atoms with Gasteiger partial charge >= 0.3 is 0 Å². The monoisotopic (exact) mass is 536 g/mol. The Labute approximate surface area is 232 Å². The number of nitrogen functional groups attached to an aromatic ring is 1. The van der Waals surface area contributed by atoms with Gasteiger partial charge in [0.1, 0.15) is 24.0 Å². The van der Waals surface area contributed by atoms with Crippen LogP contribution in [0.4, 0.5) is 26.1 Å². The van der Waals surface area contributed by atoms with Crippen LogP contribution in [0, 0.1) is 36.3 Å². The summed E-state index contributed by atoms with van der Waals surface area (Å²) in [7, 11) is 0. The Morgan fingerprint density at radius 1 is 0.800 bits per heavy atom. The van der Waals surface area contributed by atoms with E-state index in [1.165, 1.54) is 42.7 Å². The number of hydrogen-bond donors (Lipinski definition) is 1. The highest BCUT2D eigenvalue weighted by Crippen LogP contribution is 2.38. The standard InChI is InChI=1S/C16H12FN3O.C15H14FN3/c1-10(2)13-7-12(17)8-14(16(13)21-9-18)11-4-5-20-15(6-11)19-3;1-9(2)12-7-11(16)8-13(15(12)17)10-4-5-19-14(6-10)18-3/h4-8,10H,1-2H3;4-9H,17H2,1-2H3. The third-order valence-corrected chi connectivity index (χ3v) is 5.99. The molecule has 2 N–H and O–H groups in total. The van der Waals surface area contributed by atoms with Gasteiger partial charge in [0.25, 0.3) is 17.9 Å². The number of hydrogen-bond acceptors (Lipinski definition) is 5. The van der Waals surface area contributed by atoms with Crippen molar-refractivity contribution < 1.29 is 13.5 Å². The number of nitrogens with zero attached hydrogens (tertiary/aromatic N) is 5. The highest BCUT2D eigenvalue weighted by molar-refractivity contribution is 5.80. The normalized spacial score (nSPS) is 10.2. The highest BCUT2D eigenvalue weighted by atomic mass is 19.1. The minimum Gasteiger partial charge on any atom is -0.398 e. The fourth-order valence-electron chi connectivity index (χ4n) is 4.07. The van der Waals surface area contributed by atoms with Crippen LogP contribution in [0.5, 0.6) is 5.75 Å². The predicted octanol–water partition coefficient (Wildman–Crippen LogP) is 8.57. The molecule has 0 spiro atoms. The SMILES string of the molecule is [C-]#[N+]c1cc(-c2cc(F)cc(C(C)C)c2N)ccn1.[C-]#[N+]c1cc(-c2cc(F)cc(C(C)C)c2OC#N)ccn1. The molecule has 9 heteroatoms. The van der Waals surface area contributed by atoms with Crippen LogP contribution in [0.2, 0.25) is 0 Å². The number of ether oxygens (including phenoxy) is 1. The molecule has 0 fully saturated rings. The molecule has 4 aromatic rings. The number of nitrogens with two attached hydrogens (primary N) is 1. The van der Waals surface area contributed by atoms with E-state index in [0.717, 1.165) is 5.56 Å². The molecule has 2 heterocycles. The molecule has 200 valence electrons. The second-order valence-corrected chi connectivity index (χ2v) is 9.36. The molecule has 0 bridgehead atoms. The largest absolute Gasteiger partial charge is 0.398 e. The maximum Gasteiger partial charge on any atom is 0.292 e. The molecule has 0 saturated carbocycles. The third kappa shape index (κ3) is 6.75. The number of nitriles is 1. The van der Waals surface area contributed by atoms with E-state index in [4.69, 9.17) is 28.9 Å². The first-order valence-corrected chi connectivity index (χ1v) is 12.3. The first kappa shape index (κ1) is 29.2. The summed E-state index contributed by atoms with van der Waals surface area (Å²) in [5.74, 6) is 0.171.